The Morgan fingerprint density at radius 2 is 1.88 bits per heavy atom. The van der Waals surface area contributed by atoms with Crippen molar-refractivity contribution >= 4 is 51.8 Å². The SMILES string of the molecule is CC(CI)N(CCN(C)C)C(=O)NCCOc1cc(Cl)cc(Cl)c1. The average molecular weight is 488 g/mol. The number of rotatable bonds is 9. The molecule has 0 aliphatic carbocycles. The monoisotopic (exact) mass is 487 g/mol. The molecular weight excluding hydrogens is 464 g/mol. The molecule has 5 nitrogen and oxygen atoms in total. The Balaban J connectivity index is 2.44. The highest BCUT2D eigenvalue weighted by Gasteiger charge is 2.18. The molecule has 1 unspecified atom stereocenters. The molecule has 8 heteroatoms. The summed E-state index contributed by atoms with van der Waals surface area (Å²) in [5.74, 6) is 0.590. The normalized spacial score (nSPS) is 12.1. The summed E-state index contributed by atoms with van der Waals surface area (Å²) in [6, 6.07) is 5.13. The third-order valence-corrected chi connectivity index (χ3v) is 5.00. The summed E-state index contributed by atoms with van der Waals surface area (Å²) in [5.41, 5.74) is 0. The number of halogens is 3. The van der Waals surface area contributed by atoms with Crippen molar-refractivity contribution in [3.63, 3.8) is 0 Å². The van der Waals surface area contributed by atoms with Crippen LogP contribution < -0.4 is 10.1 Å². The van der Waals surface area contributed by atoms with E-state index in [1.54, 1.807) is 18.2 Å². The second-order valence-electron chi connectivity index (χ2n) is 5.69. The van der Waals surface area contributed by atoms with Crippen LogP contribution in [-0.4, -0.2) is 66.6 Å². The van der Waals surface area contributed by atoms with Crippen molar-refractivity contribution in [2.75, 3.05) is 44.8 Å². The molecule has 0 aliphatic heterocycles. The van der Waals surface area contributed by atoms with Gasteiger partial charge in [-0.2, -0.15) is 0 Å². The van der Waals surface area contributed by atoms with Gasteiger partial charge in [0.15, 0.2) is 0 Å². The number of nitrogens with one attached hydrogen (secondary N) is 1. The number of benzene rings is 1. The van der Waals surface area contributed by atoms with Gasteiger partial charge in [-0.15, -0.1) is 0 Å². The van der Waals surface area contributed by atoms with Crippen LogP contribution in [0.25, 0.3) is 0 Å². The molecule has 136 valence electrons. The smallest absolute Gasteiger partial charge is 0.317 e. The van der Waals surface area contributed by atoms with Gasteiger partial charge in [0.1, 0.15) is 12.4 Å². The highest BCUT2D eigenvalue weighted by atomic mass is 127. The Morgan fingerprint density at radius 3 is 2.42 bits per heavy atom. The van der Waals surface area contributed by atoms with Gasteiger partial charge in [-0.1, -0.05) is 45.8 Å². The van der Waals surface area contributed by atoms with Crippen LogP contribution in [0.2, 0.25) is 10.0 Å². The largest absolute Gasteiger partial charge is 0.492 e. The van der Waals surface area contributed by atoms with Gasteiger partial charge in [-0.3, -0.25) is 0 Å². The summed E-state index contributed by atoms with van der Waals surface area (Å²) < 4.78 is 6.46. The fourth-order valence-corrected chi connectivity index (χ4v) is 2.93. The Kier molecular flexibility index (Phi) is 10.1. The molecule has 1 rings (SSSR count). The van der Waals surface area contributed by atoms with Gasteiger partial charge in [0, 0.05) is 33.6 Å². The van der Waals surface area contributed by atoms with Crippen molar-refractivity contribution in [1.29, 1.82) is 0 Å². The quantitative estimate of drug-likeness (QED) is 0.327. The summed E-state index contributed by atoms with van der Waals surface area (Å²) in [4.78, 5) is 16.3. The number of ether oxygens (including phenoxy) is 1. The summed E-state index contributed by atoms with van der Waals surface area (Å²) >= 11 is 14.1. The molecule has 0 aliphatic rings. The van der Waals surface area contributed by atoms with Crippen LogP contribution >= 0.6 is 45.8 Å². The van der Waals surface area contributed by atoms with Crippen molar-refractivity contribution < 1.29 is 9.53 Å². The Hall–Kier alpha value is -0.440. The number of hydrogen-bond donors (Lipinski definition) is 1. The zero-order valence-electron chi connectivity index (χ0n) is 14.2. The van der Waals surface area contributed by atoms with Gasteiger partial charge >= 0.3 is 6.03 Å². The molecule has 0 spiro atoms. The molecule has 1 atom stereocenters. The van der Waals surface area contributed by atoms with E-state index < -0.39 is 0 Å². The van der Waals surface area contributed by atoms with E-state index in [4.69, 9.17) is 27.9 Å². The van der Waals surface area contributed by atoms with Crippen molar-refractivity contribution in [1.82, 2.24) is 15.1 Å². The maximum absolute atomic E-state index is 12.4. The fraction of sp³-hybridized carbons (Fsp3) is 0.562. The van der Waals surface area contributed by atoms with Crippen LogP contribution in [0.5, 0.6) is 5.75 Å². The lowest BCUT2D eigenvalue weighted by molar-refractivity contribution is 0.175. The van der Waals surface area contributed by atoms with Gasteiger partial charge in [-0.25, -0.2) is 4.79 Å². The van der Waals surface area contributed by atoms with Crippen LogP contribution in [-0.2, 0) is 0 Å². The van der Waals surface area contributed by atoms with Gasteiger partial charge in [-0.05, 0) is 39.2 Å². The Labute approximate surface area is 167 Å². The molecule has 1 aromatic rings. The van der Waals surface area contributed by atoms with Crippen molar-refractivity contribution in [3.8, 4) is 5.75 Å². The van der Waals surface area contributed by atoms with Gasteiger partial charge in [0.25, 0.3) is 0 Å². The third-order valence-electron chi connectivity index (χ3n) is 3.29. The minimum absolute atomic E-state index is 0.0752. The van der Waals surface area contributed by atoms with E-state index in [1.807, 2.05) is 25.9 Å². The number of alkyl halides is 1. The number of hydrogen-bond acceptors (Lipinski definition) is 3. The Morgan fingerprint density at radius 1 is 1.25 bits per heavy atom. The highest BCUT2D eigenvalue weighted by molar-refractivity contribution is 14.1. The molecule has 0 aromatic heterocycles. The van der Waals surface area contributed by atoms with E-state index in [2.05, 4.69) is 32.8 Å². The first-order chi connectivity index (χ1) is 11.3. The van der Waals surface area contributed by atoms with E-state index in [0.717, 1.165) is 11.0 Å². The minimum Gasteiger partial charge on any atom is -0.492 e. The van der Waals surface area contributed by atoms with Crippen LogP contribution in [0.1, 0.15) is 6.92 Å². The lowest BCUT2D eigenvalue weighted by Crippen LogP contribution is -2.49. The average Bonchev–Trinajstić information content (AvgIpc) is 2.50. The van der Waals surface area contributed by atoms with E-state index in [9.17, 15) is 4.79 Å². The number of carbonyl (C=O) groups is 1. The number of nitrogens with zero attached hydrogens (tertiary/aromatic N) is 2. The first-order valence-corrected chi connectivity index (χ1v) is 9.95. The number of likely N-dealkylation sites (N-methyl/N-ethyl adjacent to an activating group) is 1. The van der Waals surface area contributed by atoms with Crippen molar-refractivity contribution in [3.05, 3.63) is 28.2 Å². The topological polar surface area (TPSA) is 44.8 Å². The number of urea groups is 1. The van der Waals surface area contributed by atoms with Crippen molar-refractivity contribution in [2.45, 2.75) is 13.0 Å². The summed E-state index contributed by atoms with van der Waals surface area (Å²) in [6.45, 7) is 4.32. The Bertz CT molecular complexity index is 512. The molecule has 24 heavy (non-hydrogen) atoms. The second-order valence-corrected chi connectivity index (χ2v) is 7.44. The van der Waals surface area contributed by atoms with E-state index in [0.29, 0.717) is 35.5 Å². The van der Waals surface area contributed by atoms with E-state index in [-0.39, 0.29) is 12.1 Å². The number of carbonyl (C=O) groups excluding carboxylic acids is 1. The predicted molar refractivity (Wildman–Crippen MR) is 109 cm³/mol. The molecule has 2 amide bonds. The maximum atomic E-state index is 12.4. The van der Waals surface area contributed by atoms with Gasteiger partial charge in [0.05, 0.1) is 6.54 Å². The second kappa shape index (κ2) is 11.2. The van der Waals surface area contributed by atoms with Crippen LogP contribution in [0.4, 0.5) is 4.79 Å². The molecule has 0 saturated heterocycles. The van der Waals surface area contributed by atoms with Gasteiger partial charge in [0.2, 0.25) is 0 Å². The van der Waals surface area contributed by atoms with Gasteiger partial charge < -0.3 is 19.9 Å². The molecule has 0 heterocycles. The third kappa shape index (κ3) is 8.09. The molecular formula is C16H24Cl2IN3O2. The first kappa shape index (κ1) is 21.6. The molecule has 1 N–H and O–H groups in total. The van der Waals surface area contributed by atoms with Crippen LogP contribution in [0.3, 0.4) is 0 Å². The first-order valence-electron chi connectivity index (χ1n) is 7.67. The fourth-order valence-electron chi connectivity index (χ4n) is 1.95. The number of amides is 2. The van der Waals surface area contributed by atoms with E-state index in [1.165, 1.54) is 0 Å². The summed E-state index contributed by atoms with van der Waals surface area (Å²) in [5, 5.41) is 3.94. The zero-order valence-corrected chi connectivity index (χ0v) is 17.9. The van der Waals surface area contributed by atoms with Crippen molar-refractivity contribution in [2.24, 2.45) is 0 Å². The molecule has 0 fully saturated rings. The lowest BCUT2D eigenvalue weighted by atomic mass is 10.3. The molecule has 0 saturated carbocycles. The predicted octanol–water partition coefficient (Wildman–Crippen LogP) is 3.77. The standard InChI is InChI=1S/C16H24Cl2IN3O2/c1-12(11-19)22(6-5-21(2)3)16(23)20-4-7-24-15-9-13(17)8-14(18)10-15/h8-10,12H,4-7,11H2,1-3H3,(H,20,23). The highest BCUT2D eigenvalue weighted by Crippen LogP contribution is 2.23. The molecule has 1 aromatic carbocycles. The molecule has 0 radical (unpaired) electrons. The maximum Gasteiger partial charge on any atom is 0.317 e. The van der Waals surface area contributed by atoms with Crippen LogP contribution in [0.15, 0.2) is 18.2 Å². The van der Waals surface area contributed by atoms with Crippen LogP contribution in [0, 0.1) is 0 Å². The molecule has 0 bridgehead atoms. The summed E-state index contributed by atoms with van der Waals surface area (Å²) in [7, 11) is 3.99. The summed E-state index contributed by atoms with van der Waals surface area (Å²) in [6.07, 6.45) is 0. The zero-order chi connectivity index (χ0) is 18.1. The van der Waals surface area contributed by atoms with E-state index >= 15 is 0 Å². The lowest BCUT2D eigenvalue weighted by Gasteiger charge is -2.29. The minimum atomic E-state index is -0.0752.